The van der Waals surface area contributed by atoms with Crippen molar-refractivity contribution in [1.29, 1.82) is 0 Å². The number of nitro benzene ring substituents is 1. The third kappa shape index (κ3) is 8.33. The Morgan fingerprint density at radius 2 is 1.92 bits per heavy atom. The fourth-order valence-electron chi connectivity index (χ4n) is 3.33. The topological polar surface area (TPSA) is 218 Å². The van der Waals surface area contributed by atoms with Crippen molar-refractivity contribution in [2.24, 2.45) is 11.7 Å². The number of hydrogen-bond acceptors (Lipinski definition) is 12. The van der Waals surface area contributed by atoms with Crippen LogP contribution in [0.25, 0.3) is 0 Å². The first kappa shape index (κ1) is 29.8. The van der Waals surface area contributed by atoms with Gasteiger partial charge in [0.1, 0.15) is 23.3 Å². The van der Waals surface area contributed by atoms with E-state index in [1.165, 1.54) is 12.1 Å². The van der Waals surface area contributed by atoms with Gasteiger partial charge in [-0.15, -0.1) is 0 Å². The zero-order valence-corrected chi connectivity index (χ0v) is 21.0. The van der Waals surface area contributed by atoms with E-state index in [9.17, 15) is 38.3 Å². The van der Waals surface area contributed by atoms with Gasteiger partial charge in [0, 0.05) is 12.5 Å². The second kappa shape index (κ2) is 12.7. The van der Waals surface area contributed by atoms with Crippen LogP contribution in [0.5, 0.6) is 0 Å². The van der Waals surface area contributed by atoms with E-state index in [1.807, 2.05) is 13.8 Å². The maximum absolute atomic E-state index is 12.2. The molecule has 0 saturated carbocycles. The van der Waals surface area contributed by atoms with Crippen molar-refractivity contribution >= 4 is 39.5 Å². The fraction of sp³-hybridized carbons (Fsp3) is 0.600. The monoisotopic (exact) mass is 553 g/mol. The number of aliphatic hydroxyl groups is 2. The highest BCUT2D eigenvalue weighted by Gasteiger charge is 2.43. The number of rotatable bonds is 12. The van der Waals surface area contributed by atoms with Gasteiger partial charge in [-0.3, -0.25) is 19.1 Å². The van der Waals surface area contributed by atoms with Gasteiger partial charge < -0.3 is 25.4 Å². The van der Waals surface area contributed by atoms with Crippen molar-refractivity contribution in [3.8, 4) is 0 Å². The van der Waals surface area contributed by atoms with Crippen LogP contribution in [-0.4, -0.2) is 79.1 Å². The molecule has 0 radical (unpaired) electrons. The molecule has 1 aromatic rings. The standard InChI is InChI=1S/C20H28ClN3O11S/c1-10(2)7-13(22)19(27)23-36(31,32)34-9-16-18(26)17(25)15(35-16)5-6-33-20(28)11-3-4-12(21)14(8-11)24(29)30/h3-4,8,10,13,15-18,25-26H,5-7,9,22H2,1-2H3,(H,23,27). The van der Waals surface area contributed by atoms with Crippen LogP contribution in [0.3, 0.4) is 0 Å². The Bertz CT molecular complexity index is 1070. The Morgan fingerprint density at radius 3 is 2.53 bits per heavy atom. The minimum Gasteiger partial charge on any atom is -0.462 e. The third-order valence-corrected chi connectivity index (χ3v) is 6.37. The molecule has 2 rings (SSSR count). The number of ether oxygens (including phenoxy) is 2. The van der Waals surface area contributed by atoms with Crippen LogP contribution in [0.1, 0.15) is 37.0 Å². The first-order valence-electron chi connectivity index (χ1n) is 10.8. The van der Waals surface area contributed by atoms with Crippen LogP contribution in [0.2, 0.25) is 5.02 Å². The molecular weight excluding hydrogens is 526 g/mol. The van der Waals surface area contributed by atoms with Gasteiger partial charge in [0.05, 0.1) is 35.8 Å². The number of nitro groups is 1. The fourth-order valence-corrected chi connectivity index (χ4v) is 4.29. The average molecular weight is 554 g/mol. The Hall–Kier alpha value is -2.40. The number of carbonyl (C=O) groups is 2. The van der Waals surface area contributed by atoms with Gasteiger partial charge in [0.25, 0.3) is 11.6 Å². The predicted molar refractivity (Wildman–Crippen MR) is 124 cm³/mol. The highest BCUT2D eigenvalue weighted by atomic mass is 35.5. The number of nitrogens with one attached hydrogen (secondary N) is 1. The summed E-state index contributed by atoms with van der Waals surface area (Å²) in [6.45, 7) is 2.61. The highest BCUT2D eigenvalue weighted by Crippen LogP contribution is 2.26. The largest absolute Gasteiger partial charge is 0.462 e. The van der Waals surface area contributed by atoms with Crippen molar-refractivity contribution in [2.45, 2.75) is 57.1 Å². The highest BCUT2D eigenvalue weighted by molar-refractivity contribution is 7.85. The number of amides is 1. The second-order valence-electron chi connectivity index (χ2n) is 8.48. The molecule has 0 aromatic heterocycles. The van der Waals surface area contributed by atoms with Crippen LogP contribution in [0, 0.1) is 16.0 Å². The summed E-state index contributed by atoms with van der Waals surface area (Å²) < 4.78 is 40.8. The maximum Gasteiger partial charge on any atom is 0.362 e. The molecule has 5 N–H and O–H groups in total. The maximum atomic E-state index is 12.2. The van der Waals surface area contributed by atoms with Gasteiger partial charge >= 0.3 is 16.3 Å². The number of carbonyl (C=O) groups excluding carboxylic acids is 2. The summed E-state index contributed by atoms with van der Waals surface area (Å²) in [7, 11) is -4.56. The lowest BCUT2D eigenvalue weighted by molar-refractivity contribution is -0.384. The van der Waals surface area contributed by atoms with E-state index in [4.69, 9.17) is 26.8 Å². The summed E-state index contributed by atoms with van der Waals surface area (Å²) in [6, 6.07) is 2.31. The Kier molecular flexibility index (Phi) is 10.5. The molecule has 202 valence electrons. The molecular formula is C20H28ClN3O11S. The number of esters is 1. The third-order valence-electron chi connectivity index (χ3n) is 5.15. The minimum absolute atomic E-state index is 0.0545. The Morgan fingerprint density at radius 1 is 1.28 bits per heavy atom. The molecule has 1 fully saturated rings. The molecule has 5 atom stereocenters. The first-order chi connectivity index (χ1) is 16.7. The normalized spacial score (nSPS) is 22.9. The van der Waals surface area contributed by atoms with Gasteiger partial charge in [-0.2, -0.15) is 8.42 Å². The van der Waals surface area contributed by atoms with E-state index in [1.54, 1.807) is 4.72 Å². The number of nitrogens with two attached hydrogens (primary N) is 1. The van der Waals surface area contributed by atoms with E-state index in [0.717, 1.165) is 6.07 Å². The van der Waals surface area contributed by atoms with Crippen molar-refractivity contribution in [3.63, 3.8) is 0 Å². The van der Waals surface area contributed by atoms with Crippen molar-refractivity contribution in [2.75, 3.05) is 13.2 Å². The van der Waals surface area contributed by atoms with Gasteiger partial charge in [0.15, 0.2) is 0 Å². The van der Waals surface area contributed by atoms with Crippen molar-refractivity contribution < 1.29 is 46.8 Å². The predicted octanol–water partition coefficient (Wildman–Crippen LogP) is 0.0353. The molecule has 1 aliphatic rings. The summed E-state index contributed by atoms with van der Waals surface area (Å²) in [5.41, 5.74) is 5.04. The Labute approximate surface area is 212 Å². The zero-order chi connectivity index (χ0) is 27.2. The van der Waals surface area contributed by atoms with Gasteiger partial charge in [-0.1, -0.05) is 25.4 Å². The number of nitrogens with zero attached hydrogens (tertiary/aromatic N) is 1. The minimum atomic E-state index is -4.56. The molecule has 1 amide bonds. The van der Waals surface area contributed by atoms with Crippen LogP contribution in [-0.2, 0) is 28.8 Å². The van der Waals surface area contributed by atoms with Crippen molar-refractivity contribution in [3.05, 3.63) is 38.9 Å². The van der Waals surface area contributed by atoms with Gasteiger partial charge in [-0.05, 0) is 24.5 Å². The lowest BCUT2D eigenvalue weighted by Gasteiger charge is -2.17. The second-order valence-corrected chi connectivity index (χ2v) is 10.2. The number of hydrogen-bond donors (Lipinski definition) is 4. The molecule has 5 unspecified atom stereocenters. The van der Waals surface area contributed by atoms with E-state index in [2.05, 4.69) is 4.18 Å². The molecule has 1 heterocycles. The number of halogens is 1. The lowest BCUT2D eigenvalue weighted by Crippen LogP contribution is -2.45. The molecule has 0 spiro atoms. The molecule has 36 heavy (non-hydrogen) atoms. The summed E-state index contributed by atoms with van der Waals surface area (Å²) in [5, 5.41) is 31.1. The molecule has 16 heteroatoms. The molecule has 1 aromatic carbocycles. The SMILES string of the molecule is CC(C)CC(N)C(=O)NS(=O)(=O)OCC1OC(CCOC(=O)c2ccc(Cl)c([N+](=O)[O-])c2)C(O)C1O. The molecule has 1 aliphatic heterocycles. The van der Waals surface area contributed by atoms with Crippen LogP contribution < -0.4 is 10.5 Å². The molecule has 0 bridgehead atoms. The molecule has 0 aliphatic carbocycles. The number of benzene rings is 1. The van der Waals surface area contributed by atoms with E-state index >= 15 is 0 Å². The summed E-state index contributed by atoms with van der Waals surface area (Å²) in [4.78, 5) is 34.2. The average Bonchev–Trinajstić information content (AvgIpc) is 3.05. The van der Waals surface area contributed by atoms with Crippen LogP contribution >= 0.6 is 11.6 Å². The lowest BCUT2D eigenvalue weighted by atomic mass is 10.0. The van der Waals surface area contributed by atoms with Crippen LogP contribution in [0.15, 0.2) is 18.2 Å². The van der Waals surface area contributed by atoms with Crippen LogP contribution in [0.4, 0.5) is 5.69 Å². The van der Waals surface area contributed by atoms with Crippen molar-refractivity contribution in [1.82, 2.24) is 4.72 Å². The van der Waals surface area contributed by atoms with Gasteiger partial charge in [0.2, 0.25) is 0 Å². The summed E-state index contributed by atoms with van der Waals surface area (Å²) in [5.74, 6) is -1.79. The first-order valence-corrected chi connectivity index (χ1v) is 12.6. The molecule has 14 nitrogen and oxygen atoms in total. The van der Waals surface area contributed by atoms with E-state index in [-0.39, 0.29) is 36.0 Å². The quantitative estimate of drug-likeness (QED) is 0.153. The number of aliphatic hydroxyl groups excluding tert-OH is 2. The van der Waals surface area contributed by atoms with E-state index < -0.39 is 69.9 Å². The van der Waals surface area contributed by atoms with E-state index in [0.29, 0.717) is 0 Å². The Balaban J connectivity index is 1.85. The zero-order valence-electron chi connectivity index (χ0n) is 19.4. The smallest absolute Gasteiger partial charge is 0.362 e. The molecule has 1 saturated heterocycles. The van der Waals surface area contributed by atoms with Gasteiger partial charge in [-0.25, -0.2) is 9.52 Å². The summed E-state index contributed by atoms with van der Waals surface area (Å²) >= 11 is 5.70. The summed E-state index contributed by atoms with van der Waals surface area (Å²) in [6.07, 6.45) is -5.14.